The molecule has 0 aliphatic rings. The summed E-state index contributed by atoms with van der Waals surface area (Å²) < 4.78 is 0. The summed E-state index contributed by atoms with van der Waals surface area (Å²) >= 11 is 5.66. The number of amides is 1. The first kappa shape index (κ1) is 16.3. The zero-order valence-electron chi connectivity index (χ0n) is 11.2. The van der Waals surface area contributed by atoms with Gasteiger partial charge in [-0.1, -0.05) is 25.4 Å². The van der Waals surface area contributed by atoms with Crippen molar-refractivity contribution in [2.24, 2.45) is 0 Å². The quantitative estimate of drug-likeness (QED) is 0.474. The lowest BCUT2D eigenvalue weighted by molar-refractivity contribution is -0.385. The van der Waals surface area contributed by atoms with E-state index in [1.165, 1.54) is 12.3 Å². The number of pyridine rings is 1. The van der Waals surface area contributed by atoms with Crippen LogP contribution in [0, 0.1) is 10.1 Å². The van der Waals surface area contributed by atoms with Gasteiger partial charge in [-0.2, -0.15) is 0 Å². The fraction of sp³-hybridized carbons (Fsp3) is 0.500. The van der Waals surface area contributed by atoms with E-state index in [0.29, 0.717) is 12.8 Å². The van der Waals surface area contributed by atoms with E-state index >= 15 is 0 Å². The maximum Gasteiger partial charge on any atom is 0.319 e. The van der Waals surface area contributed by atoms with Gasteiger partial charge in [0.15, 0.2) is 0 Å². The zero-order chi connectivity index (χ0) is 15.3. The van der Waals surface area contributed by atoms with Crippen LogP contribution in [0.1, 0.15) is 37.0 Å². The number of aromatic nitrogens is 1. The largest absolute Gasteiger partial charge is 0.394 e. The molecule has 2 N–H and O–H groups in total. The molecule has 0 spiro atoms. The average Bonchev–Trinajstić information content (AvgIpc) is 2.44. The first-order chi connectivity index (χ1) is 9.40. The van der Waals surface area contributed by atoms with Crippen LogP contribution < -0.4 is 5.32 Å². The van der Waals surface area contributed by atoms with E-state index < -0.39 is 22.1 Å². The van der Waals surface area contributed by atoms with Gasteiger partial charge in [0.05, 0.1) is 17.1 Å². The molecule has 0 atom stereocenters. The number of aliphatic hydroxyl groups excluding tert-OH is 1. The molecule has 0 aliphatic carbocycles. The molecule has 0 aromatic carbocycles. The molecule has 0 aliphatic heterocycles. The van der Waals surface area contributed by atoms with Gasteiger partial charge in [-0.3, -0.25) is 14.9 Å². The number of nitro groups is 1. The number of nitrogens with one attached hydrogen (secondary N) is 1. The number of aliphatic hydroxyl groups is 1. The van der Waals surface area contributed by atoms with Crippen LogP contribution in [0.3, 0.4) is 0 Å². The lowest BCUT2D eigenvalue weighted by Gasteiger charge is -2.30. The molecule has 0 saturated heterocycles. The number of carbonyl (C=O) groups is 1. The smallest absolute Gasteiger partial charge is 0.319 e. The Morgan fingerprint density at radius 3 is 2.60 bits per heavy atom. The predicted molar refractivity (Wildman–Crippen MR) is 73.8 cm³/mol. The molecule has 110 valence electrons. The molecule has 0 unspecified atom stereocenters. The van der Waals surface area contributed by atoms with Crippen LogP contribution >= 0.6 is 11.6 Å². The van der Waals surface area contributed by atoms with E-state index in [2.05, 4.69) is 10.3 Å². The van der Waals surface area contributed by atoms with Crippen LogP contribution in [0.2, 0.25) is 5.15 Å². The van der Waals surface area contributed by atoms with Gasteiger partial charge in [0, 0.05) is 6.20 Å². The Balaban J connectivity index is 3.16. The van der Waals surface area contributed by atoms with Crippen molar-refractivity contribution >= 4 is 23.2 Å². The van der Waals surface area contributed by atoms with Gasteiger partial charge in [-0.15, -0.1) is 0 Å². The van der Waals surface area contributed by atoms with Crippen molar-refractivity contribution in [1.29, 1.82) is 0 Å². The Kier molecular flexibility index (Phi) is 5.41. The molecule has 0 saturated carbocycles. The minimum absolute atomic E-state index is 0.172. The summed E-state index contributed by atoms with van der Waals surface area (Å²) in [4.78, 5) is 26.0. The average molecular weight is 302 g/mol. The fourth-order valence-corrected chi connectivity index (χ4v) is 2.01. The highest BCUT2D eigenvalue weighted by atomic mass is 35.5. The van der Waals surface area contributed by atoms with E-state index in [0.717, 1.165) is 0 Å². The summed E-state index contributed by atoms with van der Waals surface area (Å²) in [6, 6.07) is 1.23. The SMILES string of the molecule is CCC(CC)(CO)NC(=O)c1ccnc(Cl)c1[N+](=O)[O-]. The third kappa shape index (κ3) is 3.23. The highest BCUT2D eigenvalue weighted by molar-refractivity contribution is 6.32. The number of nitrogens with zero attached hydrogens (tertiary/aromatic N) is 2. The number of rotatable bonds is 6. The number of halogens is 1. The maximum atomic E-state index is 12.2. The second-order valence-corrected chi connectivity index (χ2v) is 4.71. The Morgan fingerprint density at radius 2 is 2.15 bits per heavy atom. The van der Waals surface area contributed by atoms with Gasteiger partial charge in [0.2, 0.25) is 5.15 Å². The topological polar surface area (TPSA) is 105 Å². The van der Waals surface area contributed by atoms with Crippen molar-refractivity contribution in [3.63, 3.8) is 0 Å². The molecular weight excluding hydrogens is 286 g/mol. The molecule has 1 amide bonds. The Labute approximate surface area is 121 Å². The molecule has 1 aromatic rings. The zero-order valence-corrected chi connectivity index (χ0v) is 12.0. The summed E-state index contributed by atoms with van der Waals surface area (Å²) in [6.45, 7) is 3.38. The first-order valence-corrected chi connectivity index (χ1v) is 6.50. The maximum absolute atomic E-state index is 12.2. The van der Waals surface area contributed by atoms with Crippen LogP contribution in [-0.2, 0) is 0 Å². The minimum atomic E-state index is -0.805. The van der Waals surface area contributed by atoms with Crippen molar-refractivity contribution in [2.75, 3.05) is 6.61 Å². The van der Waals surface area contributed by atoms with Gasteiger partial charge in [0.25, 0.3) is 5.91 Å². The summed E-state index contributed by atoms with van der Waals surface area (Å²) in [5, 5.41) is 22.7. The monoisotopic (exact) mass is 301 g/mol. The Bertz CT molecular complexity index is 509. The van der Waals surface area contributed by atoms with Crippen molar-refractivity contribution < 1.29 is 14.8 Å². The van der Waals surface area contributed by atoms with Crippen LogP contribution in [0.5, 0.6) is 0 Å². The van der Waals surface area contributed by atoms with Gasteiger partial charge in [0.1, 0.15) is 5.56 Å². The molecule has 20 heavy (non-hydrogen) atoms. The summed E-state index contributed by atoms with van der Waals surface area (Å²) in [5.41, 5.74) is -1.51. The lowest BCUT2D eigenvalue weighted by atomic mass is 9.93. The van der Waals surface area contributed by atoms with Gasteiger partial charge in [-0.25, -0.2) is 4.98 Å². The van der Waals surface area contributed by atoms with E-state index in [4.69, 9.17) is 11.6 Å². The molecule has 0 bridgehead atoms. The van der Waals surface area contributed by atoms with Gasteiger partial charge in [-0.05, 0) is 18.9 Å². The molecule has 0 fully saturated rings. The summed E-state index contributed by atoms with van der Waals surface area (Å²) in [6.07, 6.45) is 2.22. The molecule has 1 aromatic heterocycles. The Morgan fingerprint density at radius 1 is 1.55 bits per heavy atom. The van der Waals surface area contributed by atoms with Crippen molar-refractivity contribution in [3.8, 4) is 0 Å². The molecule has 1 rings (SSSR count). The number of hydrogen-bond acceptors (Lipinski definition) is 5. The molecule has 0 radical (unpaired) electrons. The summed E-state index contributed by atoms with van der Waals surface area (Å²) in [7, 11) is 0. The van der Waals surface area contributed by atoms with Crippen LogP contribution in [0.25, 0.3) is 0 Å². The second kappa shape index (κ2) is 6.62. The van der Waals surface area contributed by atoms with E-state index in [1.807, 2.05) is 13.8 Å². The number of hydrogen-bond donors (Lipinski definition) is 2. The normalized spacial score (nSPS) is 11.2. The molecule has 8 heteroatoms. The molecule has 1 heterocycles. The standard InChI is InChI=1S/C12H16ClN3O4/c1-3-12(4-2,7-17)15-11(18)8-5-6-14-10(13)9(8)16(19)20/h5-6,17H,3-4,7H2,1-2H3,(H,15,18). The van der Waals surface area contributed by atoms with E-state index in [1.54, 1.807) is 0 Å². The minimum Gasteiger partial charge on any atom is -0.394 e. The van der Waals surface area contributed by atoms with E-state index in [9.17, 15) is 20.0 Å². The second-order valence-electron chi connectivity index (χ2n) is 4.35. The Hall–Kier alpha value is -1.73. The molecule has 7 nitrogen and oxygen atoms in total. The third-order valence-corrected chi connectivity index (χ3v) is 3.62. The van der Waals surface area contributed by atoms with Gasteiger partial charge >= 0.3 is 5.69 Å². The van der Waals surface area contributed by atoms with Crippen LogP contribution in [-0.4, -0.2) is 33.1 Å². The highest BCUT2D eigenvalue weighted by Gasteiger charge is 2.31. The fourth-order valence-electron chi connectivity index (χ4n) is 1.78. The van der Waals surface area contributed by atoms with Crippen LogP contribution in [0.15, 0.2) is 12.3 Å². The van der Waals surface area contributed by atoms with Gasteiger partial charge < -0.3 is 10.4 Å². The number of carbonyl (C=O) groups excluding carboxylic acids is 1. The lowest BCUT2D eigenvalue weighted by Crippen LogP contribution is -2.50. The predicted octanol–water partition coefficient (Wildman–Crippen LogP) is 1.92. The van der Waals surface area contributed by atoms with Crippen molar-refractivity contribution in [3.05, 3.63) is 33.1 Å². The first-order valence-electron chi connectivity index (χ1n) is 6.13. The van der Waals surface area contributed by atoms with Crippen molar-refractivity contribution in [2.45, 2.75) is 32.2 Å². The van der Waals surface area contributed by atoms with Crippen LogP contribution in [0.4, 0.5) is 5.69 Å². The van der Waals surface area contributed by atoms with E-state index in [-0.39, 0.29) is 17.3 Å². The highest BCUT2D eigenvalue weighted by Crippen LogP contribution is 2.26. The summed E-state index contributed by atoms with van der Waals surface area (Å²) in [5.74, 6) is -0.654. The molecular formula is C12H16ClN3O4. The van der Waals surface area contributed by atoms with Crippen molar-refractivity contribution in [1.82, 2.24) is 10.3 Å². The third-order valence-electron chi connectivity index (χ3n) is 3.34.